The van der Waals surface area contributed by atoms with Gasteiger partial charge in [0.2, 0.25) is 0 Å². The highest BCUT2D eigenvalue weighted by Gasteiger charge is 2.45. The number of rotatable bonds is 7. The van der Waals surface area contributed by atoms with Crippen molar-refractivity contribution < 1.29 is 34.3 Å². The number of nitrogens with zero attached hydrogens (tertiary/aromatic N) is 3. The SMILES string of the molecule is O=C(O)C=CCNCc1cn(C2OC(CO)C(O)C(O)C2F)nn1. The molecule has 0 aliphatic carbocycles. The number of ether oxygens (including phenoxy) is 1. The fraction of sp³-hybridized carbons (Fsp3) is 0.615. The maximum absolute atomic E-state index is 14.1. The van der Waals surface area contributed by atoms with E-state index in [0.717, 1.165) is 10.8 Å². The van der Waals surface area contributed by atoms with Crippen LogP contribution in [0.3, 0.4) is 0 Å². The molecule has 11 heteroatoms. The van der Waals surface area contributed by atoms with E-state index < -0.39 is 43.3 Å². The van der Waals surface area contributed by atoms with Gasteiger partial charge >= 0.3 is 5.97 Å². The lowest BCUT2D eigenvalue weighted by atomic mass is 9.99. The van der Waals surface area contributed by atoms with Gasteiger partial charge in [0, 0.05) is 19.2 Å². The molecule has 1 aliphatic rings. The number of carboxylic acid groups (broad SMARTS) is 1. The third kappa shape index (κ3) is 4.33. The summed E-state index contributed by atoms with van der Waals surface area (Å²) in [7, 11) is 0. The lowest BCUT2D eigenvalue weighted by molar-refractivity contribution is -0.237. The highest BCUT2D eigenvalue weighted by molar-refractivity contribution is 5.79. The first-order chi connectivity index (χ1) is 11.4. The van der Waals surface area contributed by atoms with Gasteiger partial charge < -0.3 is 30.5 Å². The Kier molecular flexibility index (Phi) is 6.34. The van der Waals surface area contributed by atoms with Crippen molar-refractivity contribution in [1.82, 2.24) is 20.3 Å². The zero-order valence-electron chi connectivity index (χ0n) is 12.6. The molecule has 134 valence electrons. The van der Waals surface area contributed by atoms with Gasteiger partial charge in [-0.25, -0.2) is 13.9 Å². The highest BCUT2D eigenvalue weighted by atomic mass is 19.1. The lowest BCUT2D eigenvalue weighted by Gasteiger charge is -2.38. The number of carbonyl (C=O) groups is 1. The summed E-state index contributed by atoms with van der Waals surface area (Å²) >= 11 is 0. The topological polar surface area (TPSA) is 150 Å². The maximum Gasteiger partial charge on any atom is 0.328 e. The molecule has 0 aromatic carbocycles. The number of hydrogen-bond donors (Lipinski definition) is 5. The Morgan fingerprint density at radius 1 is 1.46 bits per heavy atom. The maximum atomic E-state index is 14.1. The third-order valence-corrected chi connectivity index (χ3v) is 3.47. The van der Waals surface area contributed by atoms with Gasteiger partial charge in [-0.2, -0.15) is 0 Å². The van der Waals surface area contributed by atoms with Crippen molar-refractivity contribution in [3.8, 4) is 0 Å². The van der Waals surface area contributed by atoms with Gasteiger partial charge in [0.1, 0.15) is 18.3 Å². The molecular formula is C13H19FN4O6. The van der Waals surface area contributed by atoms with Crippen LogP contribution in [-0.2, 0) is 16.1 Å². The van der Waals surface area contributed by atoms with Gasteiger partial charge in [-0.1, -0.05) is 11.3 Å². The van der Waals surface area contributed by atoms with Crippen molar-refractivity contribution in [3.63, 3.8) is 0 Å². The first kappa shape index (κ1) is 18.4. The fourth-order valence-corrected chi connectivity index (χ4v) is 2.23. The molecule has 5 N–H and O–H groups in total. The van der Waals surface area contributed by atoms with E-state index in [-0.39, 0.29) is 6.54 Å². The van der Waals surface area contributed by atoms with Crippen LogP contribution in [0.15, 0.2) is 18.3 Å². The highest BCUT2D eigenvalue weighted by Crippen LogP contribution is 2.29. The zero-order chi connectivity index (χ0) is 17.7. The van der Waals surface area contributed by atoms with Gasteiger partial charge in [-0.15, -0.1) is 5.10 Å². The van der Waals surface area contributed by atoms with E-state index >= 15 is 0 Å². The normalized spacial score (nSPS) is 30.8. The Morgan fingerprint density at radius 3 is 2.88 bits per heavy atom. The Hall–Kier alpha value is -1.92. The largest absolute Gasteiger partial charge is 0.478 e. The lowest BCUT2D eigenvalue weighted by Crippen LogP contribution is -2.55. The standard InChI is InChI=1S/C13H19FN4O6/c14-10-12(23)11(22)8(6-19)24-13(10)18-5-7(16-17-18)4-15-3-1-2-9(20)21/h1-2,5,8,10-13,15,19,22-23H,3-4,6H2,(H,20,21). The number of hydrogen-bond acceptors (Lipinski definition) is 8. The van der Waals surface area contributed by atoms with Crippen LogP contribution in [0.25, 0.3) is 0 Å². The first-order valence-electron chi connectivity index (χ1n) is 7.21. The van der Waals surface area contributed by atoms with Crippen molar-refractivity contribution in [2.75, 3.05) is 13.2 Å². The van der Waals surface area contributed by atoms with Crippen molar-refractivity contribution in [2.45, 2.75) is 37.3 Å². The second-order valence-corrected chi connectivity index (χ2v) is 5.23. The number of halogens is 1. The molecule has 5 unspecified atom stereocenters. The van der Waals surface area contributed by atoms with E-state index in [0.29, 0.717) is 12.2 Å². The van der Waals surface area contributed by atoms with E-state index in [1.807, 2.05) is 0 Å². The molecule has 10 nitrogen and oxygen atoms in total. The molecule has 2 rings (SSSR count). The van der Waals surface area contributed by atoms with Crippen LogP contribution in [0.4, 0.5) is 4.39 Å². The second-order valence-electron chi connectivity index (χ2n) is 5.23. The number of nitrogens with one attached hydrogen (secondary N) is 1. The van der Waals surface area contributed by atoms with Crippen molar-refractivity contribution >= 4 is 5.97 Å². The average molecular weight is 346 g/mol. The number of aliphatic hydroxyl groups excluding tert-OH is 3. The molecule has 1 aliphatic heterocycles. The number of carboxylic acids is 1. The summed E-state index contributed by atoms with van der Waals surface area (Å²) in [5.41, 5.74) is 0.440. The molecule has 0 radical (unpaired) electrons. The second kappa shape index (κ2) is 8.26. The number of aliphatic hydroxyl groups is 3. The molecule has 0 bridgehead atoms. The van der Waals surface area contributed by atoms with E-state index in [9.17, 15) is 19.4 Å². The Bertz CT molecular complexity index is 581. The molecule has 1 fully saturated rings. The van der Waals surface area contributed by atoms with E-state index in [1.54, 1.807) is 0 Å². The van der Waals surface area contributed by atoms with Crippen LogP contribution in [0.1, 0.15) is 11.9 Å². The summed E-state index contributed by atoms with van der Waals surface area (Å²) in [6.07, 6.45) is -3.85. The molecule has 0 saturated carbocycles. The van der Waals surface area contributed by atoms with Crippen LogP contribution < -0.4 is 5.32 Å². The van der Waals surface area contributed by atoms with Crippen LogP contribution in [0, 0.1) is 0 Å². The third-order valence-electron chi connectivity index (χ3n) is 3.47. The minimum Gasteiger partial charge on any atom is -0.478 e. The van der Waals surface area contributed by atoms with Crippen LogP contribution in [-0.4, -0.2) is 79.0 Å². The monoisotopic (exact) mass is 346 g/mol. The van der Waals surface area contributed by atoms with Crippen molar-refractivity contribution in [1.29, 1.82) is 0 Å². The predicted molar refractivity (Wildman–Crippen MR) is 76.4 cm³/mol. The summed E-state index contributed by atoms with van der Waals surface area (Å²) in [4.78, 5) is 10.3. The average Bonchev–Trinajstić information content (AvgIpc) is 3.01. The smallest absolute Gasteiger partial charge is 0.328 e. The molecule has 0 amide bonds. The van der Waals surface area contributed by atoms with Crippen LogP contribution in [0.2, 0.25) is 0 Å². The van der Waals surface area contributed by atoms with Crippen molar-refractivity contribution in [3.05, 3.63) is 24.0 Å². The summed E-state index contributed by atoms with van der Waals surface area (Å²) < 4.78 is 20.4. The number of aliphatic carboxylic acids is 1. The molecule has 0 spiro atoms. The predicted octanol–water partition coefficient (Wildman–Crippen LogP) is -2.04. The minimum absolute atomic E-state index is 0.252. The molecule has 2 heterocycles. The van der Waals surface area contributed by atoms with Crippen molar-refractivity contribution in [2.24, 2.45) is 0 Å². The number of aromatic nitrogens is 3. The fourth-order valence-electron chi connectivity index (χ4n) is 2.23. The van der Waals surface area contributed by atoms with E-state index in [1.165, 1.54) is 12.3 Å². The summed E-state index contributed by atoms with van der Waals surface area (Å²) in [6, 6.07) is 0. The molecule has 1 saturated heterocycles. The first-order valence-corrected chi connectivity index (χ1v) is 7.21. The van der Waals surface area contributed by atoms with Crippen LogP contribution in [0.5, 0.6) is 0 Å². The zero-order valence-corrected chi connectivity index (χ0v) is 12.6. The summed E-state index contributed by atoms with van der Waals surface area (Å²) in [5.74, 6) is -1.05. The van der Waals surface area contributed by atoms with E-state index in [4.69, 9.17) is 14.9 Å². The van der Waals surface area contributed by atoms with Crippen LogP contribution >= 0.6 is 0 Å². The Balaban J connectivity index is 1.95. The minimum atomic E-state index is -1.94. The molecule has 1 aromatic rings. The molecular weight excluding hydrogens is 327 g/mol. The van der Waals surface area contributed by atoms with Gasteiger partial charge in [-0.3, -0.25) is 0 Å². The molecule has 5 atom stereocenters. The molecule has 24 heavy (non-hydrogen) atoms. The summed E-state index contributed by atoms with van der Waals surface area (Å²) in [5, 5.41) is 47.3. The quantitative estimate of drug-likeness (QED) is 0.278. The Morgan fingerprint density at radius 2 is 2.21 bits per heavy atom. The van der Waals surface area contributed by atoms with Gasteiger partial charge in [0.15, 0.2) is 12.4 Å². The summed E-state index contributed by atoms with van der Waals surface area (Å²) in [6.45, 7) is -0.0367. The van der Waals surface area contributed by atoms with Gasteiger partial charge in [-0.05, 0) is 0 Å². The van der Waals surface area contributed by atoms with Gasteiger partial charge in [0.05, 0.1) is 18.5 Å². The van der Waals surface area contributed by atoms with Gasteiger partial charge in [0.25, 0.3) is 0 Å². The number of alkyl halides is 1. The Labute approximate surface area is 136 Å². The molecule has 1 aromatic heterocycles. The van der Waals surface area contributed by atoms with E-state index in [2.05, 4.69) is 15.6 Å².